The number of anilines is 1. The smallest absolute Gasteiger partial charge is 0.269 e. The number of benzene rings is 1. The molecule has 0 saturated heterocycles. The molecule has 0 aliphatic carbocycles. The molecule has 112 valence electrons. The van der Waals surface area contributed by atoms with E-state index in [1.54, 1.807) is 23.5 Å². The van der Waals surface area contributed by atoms with E-state index in [1.807, 2.05) is 12.3 Å². The van der Waals surface area contributed by atoms with Gasteiger partial charge in [-0.3, -0.25) is 10.1 Å². The number of nitro groups is 1. The zero-order chi connectivity index (χ0) is 15.7. The Bertz CT molecular complexity index is 860. The molecule has 0 bridgehead atoms. The Hall–Kier alpha value is -2.54. The topological polar surface area (TPSA) is 81.0 Å². The molecular formula is C15H14N4O2S. The van der Waals surface area contributed by atoms with Gasteiger partial charge in [-0.05, 0) is 25.0 Å². The van der Waals surface area contributed by atoms with Crippen molar-refractivity contribution in [1.29, 1.82) is 0 Å². The van der Waals surface area contributed by atoms with Gasteiger partial charge in [-0.25, -0.2) is 9.97 Å². The standard InChI is InChI=1S/C15H14N4O2S/c1-9-10(2)22-14-13(9)8-17-15(18-14)16-7-11-4-3-5-12(6-11)19(20)21/h3-6,8H,7H2,1-2H3,(H,16,17,18). The summed E-state index contributed by atoms with van der Waals surface area (Å²) in [5.74, 6) is 0.528. The van der Waals surface area contributed by atoms with E-state index in [1.165, 1.54) is 16.5 Å². The van der Waals surface area contributed by atoms with Gasteiger partial charge in [0.15, 0.2) is 0 Å². The normalized spacial score (nSPS) is 10.8. The summed E-state index contributed by atoms with van der Waals surface area (Å²) in [5.41, 5.74) is 2.11. The van der Waals surface area contributed by atoms with Gasteiger partial charge in [-0.15, -0.1) is 11.3 Å². The van der Waals surface area contributed by atoms with Gasteiger partial charge in [0, 0.05) is 35.1 Å². The van der Waals surface area contributed by atoms with Crippen molar-refractivity contribution in [3.63, 3.8) is 0 Å². The third-order valence-corrected chi connectivity index (χ3v) is 4.62. The van der Waals surface area contributed by atoms with Gasteiger partial charge in [0.25, 0.3) is 5.69 Å². The molecule has 1 aromatic carbocycles. The van der Waals surface area contributed by atoms with Crippen molar-refractivity contribution in [1.82, 2.24) is 9.97 Å². The fraction of sp³-hybridized carbons (Fsp3) is 0.200. The summed E-state index contributed by atoms with van der Waals surface area (Å²) in [6.07, 6.45) is 1.82. The highest BCUT2D eigenvalue weighted by atomic mass is 32.1. The second-order valence-corrected chi connectivity index (χ2v) is 6.18. The van der Waals surface area contributed by atoms with E-state index in [-0.39, 0.29) is 5.69 Å². The van der Waals surface area contributed by atoms with Crippen LogP contribution in [0.5, 0.6) is 0 Å². The number of rotatable bonds is 4. The molecular weight excluding hydrogens is 300 g/mol. The lowest BCUT2D eigenvalue weighted by Crippen LogP contribution is -2.03. The van der Waals surface area contributed by atoms with Crippen molar-refractivity contribution in [3.8, 4) is 0 Å². The molecule has 0 aliphatic heterocycles. The van der Waals surface area contributed by atoms with Gasteiger partial charge in [-0.1, -0.05) is 12.1 Å². The maximum Gasteiger partial charge on any atom is 0.269 e. The van der Waals surface area contributed by atoms with Crippen LogP contribution in [0, 0.1) is 24.0 Å². The summed E-state index contributed by atoms with van der Waals surface area (Å²) in [5, 5.41) is 15.0. The molecule has 3 rings (SSSR count). The fourth-order valence-electron chi connectivity index (χ4n) is 2.16. The van der Waals surface area contributed by atoms with Gasteiger partial charge in [0.1, 0.15) is 4.83 Å². The SMILES string of the molecule is Cc1sc2nc(NCc3cccc([N+](=O)[O-])c3)ncc2c1C. The van der Waals surface area contributed by atoms with E-state index < -0.39 is 4.92 Å². The van der Waals surface area contributed by atoms with E-state index in [4.69, 9.17) is 0 Å². The number of non-ortho nitro benzene ring substituents is 1. The minimum Gasteiger partial charge on any atom is -0.350 e. The predicted octanol–water partition coefficient (Wildman–Crippen LogP) is 3.83. The Labute approximate surface area is 131 Å². The second-order valence-electron chi connectivity index (χ2n) is 4.98. The summed E-state index contributed by atoms with van der Waals surface area (Å²) in [4.78, 5) is 21.4. The Balaban J connectivity index is 1.79. The molecule has 0 aliphatic rings. The molecule has 0 unspecified atom stereocenters. The molecule has 22 heavy (non-hydrogen) atoms. The quantitative estimate of drug-likeness (QED) is 0.584. The van der Waals surface area contributed by atoms with Crippen LogP contribution in [-0.4, -0.2) is 14.9 Å². The monoisotopic (exact) mass is 314 g/mol. The number of nitrogens with zero attached hydrogens (tertiary/aromatic N) is 3. The average Bonchev–Trinajstić information content (AvgIpc) is 2.80. The summed E-state index contributed by atoms with van der Waals surface area (Å²) in [6, 6.07) is 6.53. The lowest BCUT2D eigenvalue weighted by atomic mass is 10.2. The Morgan fingerprint density at radius 2 is 2.18 bits per heavy atom. The molecule has 2 heterocycles. The highest BCUT2D eigenvalue weighted by Gasteiger charge is 2.09. The Kier molecular flexibility index (Phi) is 3.72. The van der Waals surface area contributed by atoms with Crippen LogP contribution in [-0.2, 0) is 6.54 Å². The first kappa shape index (κ1) is 14.4. The van der Waals surface area contributed by atoms with E-state index in [2.05, 4.69) is 29.1 Å². The van der Waals surface area contributed by atoms with Crippen LogP contribution in [0.1, 0.15) is 16.0 Å². The highest BCUT2D eigenvalue weighted by molar-refractivity contribution is 7.18. The zero-order valence-corrected chi connectivity index (χ0v) is 13.0. The summed E-state index contributed by atoms with van der Waals surface area (Å²) in [6.45, 7) is 4.57. The lowest BCUT2D eigenvalue weighted by Gasteiger charge is -2.04. The average molecular weight is 314 g/mol. The first-order valence-electron chi connectivity index (χ1n) is 6.74. The van der Waals surface area contributed by atoms with Crippen LogP contribution in [0.25, 0.3) is 10.2 Å². The van der Waals surface area contributed by atoms with Crippen molar-refractivity contribution < 1.29 is 4.92 Å². The summed E-state index contributed by atoms with van der Waals surface area (Å²) < 4.78 is 0. The van der Waals surface area contributed by atoms with Crippen LogP contribution >= 0.6 is 11.3 Å². The van der Waals surface area contributed by atoms with Crippen molar-refractivity contribution in [3.05, 3.63) is 56.6 Å². The lowest BCUT2D eigenvalue weighted by molar-refractivity contribution is -0.384. The van der Waals surface area contributed by atoms with Gasteiger partial charge in [-0.2, -0.15) is 0 Å². The zero-order valence-electron chi connectivity index (χ0n) is 12.2. The number of fused-ring (bicyclic) bond motifs is 1. The molecule has 6 nitrogen and oxygen atoms in total. The highest BCUT2D eigenvalue weighted by Crippen LogP contribution is 2.28. The largest absolute Gasteiger partial charge is 0.350 e. The molecule has 0 saturated carbocycles. The first-order valence-corrected chi connectivity index (χ1v) is 7.56. The number of hydrogen-bond donors (Lipinski definition) is 1. The molecule has 2 aromatic heterocycles. The van der Waals surface area contributed by atoms with Crippen LogP contribution in [0.3, 0.4) is 0 Å². The van der Waals surface area contributed by atoms with Gasteiger partial charge < -0.3 is 5.32 Å². The van der Waals surface area contributed by atoms with Crippen molar-refractivity contribution in [2.75, 3.05) is 5.32 Å². The maximum atomic E-state index is 10.8. The minimum absolute atomic E-state index is 0.0835. The Morgan fingerprint density at radius 1 is 1.36 bits per heavy atom. The van der Waals surface area contributed by atoms with E-state index in [9.17, 15) is 10.1 Å². The molecule has 0 atom stereocenters. The van der Waals surface area contributed by atoms with Crippen LogP contribution in [0.4, 0.5) is 11.6 Å². The van der Waals surface area contributed by atoms with E-state index >= 15 is 0 Å². The van der Waals surface area contributed by atoms with Crippen LogP contribution < -0.4 is 5.32 Å². The van der Waals surface area contributed by atoms with Gasteiger partial charge in [0.05, 0.1) is 4.92 Å². The third kappa shape index (κ3) is 2.75. The molecule has 0 amide bonds. The van der Waals surface area contributed by atoms with Gasteiger partial charge >= 0.3 is 0 Å². The Morgan fingerprint density at radius 3 is 2.95 bits per heavy atom. The second kappa shape index (κ2) is 5.69. The molecule has 0 radical (unpaired) electrons. The van der Waals surface area contributed by atoms with Crippen molar-refractivity contribution >= 4 is 33.2 Å². The number of aromatic nitrogens is 2. The number of thiophene rings is 1. The van der Waals surface area contributed by atoms with E-state index in [0.29, 0.717) is 12.5 Å². The van der Waals surface area contributed by atoms with Crippen molar-refractivity contribution in [2.45, 2.75) is 20.4 Å². The maximum absolute atomic E-state index is 10.8. The molecule has 0 fully saturated rings. The number of hydrogen-bond acceptors (Lipinski definition) is 6. The summed E-state index contributed by atoms with van der Waals surface area (Å²) >= 11 is 1.64. The van der Waals surface area contributed by atoms with Crippen molar-refractivity contribution in [2.24, 2.45) is 0 Å². The van der Waals surface area contributed by atoms with Gasteiger partial charge in [0.2, 0.25) is 5.95 Å². The fourth-order valence-corrected chi connectivity index (χ4v) is 3.16. The molecule has 0 spiro atoms. The number of aryl methyl sites for hydroxylation is 2. The predicted molar refractivity (Wildman–Crippen MR) is 87.3 cm³/mol. The van der Waals surface area contributed by atoms with E-state index in [0.717, 1.165) is 15.8 Å². The first-order chi connectivity index (χ1) is 10.5. The molecule has 7 heteroatoms. The van der Waals surface area contributed by atoms with Crippen LogP contribution in [0.15, 0.2) is 30.5 Å². The van der Waals surface area contributed by atoms with Crippen LogP contribution in [0.2, 0.25) is 0 Å². The summed E-state index contributed by atoms with van der Waals surface area (Å²) in [7, 11) is 0. The number of nitro benzene ring substituents is 1. The number of nitrogens with one attached hydrogen (secondary N) is 1. The molecule has 1 N–H and O–H groups in total. The molecule has 3 aromatic rings. The third-order valence-electron chi connectivity index (χ3n) is 3.51. The minimum atomic E-state index is -0.400.